The average Bonchev–Trinajstić information content (AvgIpc) is 3.08. The Hall–Kier alpha value is -3.02. The van der Waals surface area contributed by atoms with Gasteiger partial charge in [-0.1, -0.05) is 24.3 Å². The van der Waals surface area contributed by atoms with E-state index in [0.717, 1.165) is 28.0 Å². The second-order valence-corrected chi connectivity index (χ2v) is 5.77. The maximum atomic E-state index is 12.4. The lowest BCUT2D eigenvalue weighted by molar-refractivity contribution is 0.0950. The van der Waals surface area contributed by atoms with Crippen LogP contribution in [0.4, 0.5) is 0 Å². The van der Waals surface area contributed by atoms with E-state index < -0.39 is 0 Å². The highest BCUT2D eigenvalue weighted by atomic mass is 16.5. The molecule has 1 heterocycles. The van der Waals surface area contributed by atoms with Crippen molar-refractivity contribution in [3.8, 4) is 11.5 Å². The largest absolute Gasteiger partial charge is 0.490 e. The molecule has 0 aliphatic heterocycles. The van der Waals surface area contributed by atoms with Crippen molar-refractivity contribution in [3.05, 3.63) is 53.7 Å². The summed E-state index contributed by atoms with van der Waals surface area (Å²) in [5.41, 5.74) is 2.34. The van der Waals surface area contributed by atoms with Crippen molar-refractivity contribution >= 4 is 16.8 Å². The minimum Gasteiger partial charge on any atom is -0.490 e. The molecule has 6 nitrogen and oxygen atoms in total. The van der Waals surface area contributed by atoms with Crippen molar-refractivity contribution in [1.82, 2.24) is 15.5 Å². The minimum atomic E-state index is -0.182. The first-order valence-corrected chi connectivity index (χ1v) is 8.82. The molecule has 3 rings (SSSR count). The number of hydrogen-bond donors (Lipinski definition) is 2. The number of nitrogens with zero attached hydrogens (tertiary/aromatic N) is 1. The van der Waals surface area contributed by atoms with Gasteiger partial charge < -0.3 is 14.8 Å². The molecule has 136 valence electrons. The number of ether oxygens (including phenoxy) is 2. The van der Waals surface area contributed by atoms with Crippen LogP contribution >= 0.6 is 0 Å². The number of aromatic amines is 1. The van der Waals surface area contributed by atoms with Crippen LogP contribution in [0, 0.1) is 0 Å². The molecule has 0 unspecified atom stereocenters. The number of nitrogens with one attached hydrogen (secondary N) is 2. The number of H-pyrrole nitrogens is 1. The molecule has 2 N–H and O–H groups in total. The van der Waals surface area contributed by atoms with Gasteiger partial charge in [0.05, 0.1) is 18.7 Å². The zero-order valence-corrected chi connectivity index (χ0v) is 15.0. The standard InChI is InChI=1S/C20H23N3O3/c1-3-25-17-10-9-14(13-18(17)26-4-2)11-12-21-20(24)19-15-7-5-6-8-16(15)22-23-19/h5-10,13H,3-4,11-12H2,1-2H3,(H,21,24)(H,22,23). The lowest BCUT2D eigenvalue weighted by atomic mass is 10.1. The number of carbonyl (C=O) groups is 1. The van der Waals surface area contributed by atoms with Crippen LogP contribution in [0.2, 0.25) is 0 Å². The molecule has 0 bridgehead atoms. The quantitative estimate of drug-likeness (QED) is 0.651. The van der Waals surface area contributed by atoms with E-state index in [0.29, 0.717) is 31.9 Å². The second-order valence-electron chi connectivity index (χ2n) is 5.77. The van der Waals surface area contributed by atoms with Gasteiger partial charge in [-0.3, -0.25) is 9.89 Å². The van der Waals surface area contributed by atoms with Gasteiger partial charge in [0.1, 0.15) is 0 Å². The average molecular weight is 353 g/mol. The van der Waals surface area contributed by atoms with Gasteiger partial charge in [0.2, 0.25) is 0 Å². The Balaban J connectivity index is 1.62. The van der Waals surface area contributed by atoms with Crippen molar-refractivity contribution < 1.29 is 14.3 Å². The summed E-state index contributed by atoms with van der Waals surface area (Å²) in [6.07, 6.45) is 0.695. The van der Waals surface area contributed by atoms with Gasteiger partial charge in [-0.2, -0.15) is 5.10 Å². The first-order valence-electron chi connectivity index (χ1n) is 8.82. The van der Waals surface area contributed by atoms with Crippen LogP contribution in [0.25, 0.3) is 10.9 Å². The van der Waals surface area contributed by atoms with Crippen LogP contribution in [0.5, 0.6) is 11.5 Å². The normalized spacial score (nSPS) is 10.7. The van der Waals surface area contributed by atoms with Crippen LogP contribution < -0.4 is 14.8 Å². The molecule has 2 aromatic carbocycles. The van der Waals surface area contributed by atoms with Gasteiger partial charge in [-0.25, -0.2) is 0 Å². The molecule has 6 heteroatoms. The lowest BCUT2D eigenvalue weighted by Crippen LogP contribution is -2.26. The third-order valence-electron chi connectivity index (χ3n) is 3.99. The van der Waals surface area contributed by atoms with Gasteiger partial charge in [0.25, 0.3) is 5.91 Å². The van der Waals surface area contributed by atoms with Crippen LogP contribution in [0.3, 0.4) is 0 Å². The number of benzene rings is 2. The number of para-hydroxylation sites is 1. The monoisotopic (exact) mass is 353 g/mol. The highest BCUT2D eigenvalue weighted by molar-refractivity contribution is 6.04. The fraction of sp³-hybridized carbons (Fsp3) is 0.300. The molecular weight excluding hydrogens is 330 g/mol. The summed E-state index contributed by atoms with van der Waals surface area (Å²) in [4.78, 5) is 12.4. The van der Waals surface area contributed by atoms with Gasteiger partial charge in [-0.05, 0) is 44.0 Å². The maximum absolute atomic E-state index is 12.4. The van der Waals surface area contributed by atoms with Crippen molar-refractivity contribution in [2.75, 3.05) is 19.8 Å². The molecule has 0 saturated carbocycles. The molecule has 0 aliphatic carbocycles. The van der Waals surface area contributed by atoms with E-state index in [-0.39, 0.29) is 5.91 Å². The summed E-state index contributed by atoms with van der Waals surface area (Å²) in [5.74, 6) is 1.29. The second kappa shape index (κ2) is 8.38. The van der Waals surface area contributed by atoms with Crippen LogP contribution in [0.15, 0.2) is 42.5 Å². The zero-order valence-electron chi connectivity index (χ0n) is 15.0. The number of amides is 1. The fourth-order valence-corrected chi connectivity index (χ4v) is 2.79. The molecule has 0 spiro atoms. The summed E-state index contributed by atoms with van der Waals surface area (Å²) in [6, 6.07) is 13.4. The van der Waals surface area contributed by atoms with E-state index in [2.05, 4.69) is 15.5 Å². The van der Waals surface area contributed by atoms with Gasteiger partial charge in [-0.15, -0.1) is 0 Å². The highest BCUT2D eigenvalue weighted by Crippen LogP contribution is 2.28. The van der Waals surface area contributed by atoms with E-state index in [9.17, 15) is 4.79 Å². The molecule has 1 aromatic heterocycles. The highest BCUT2D eigenvalue weighted by Gasteiger charge is 2.13. The summed E-state index contributed by atoms with van der Waals surface area (Å²) >= 11 is 0. The number of aromatic nitrogens is 2. The Bertz CT molecular complexity index is 889. The SMILES string of the molecule is CCOc1ccc(CCNC(=O)c2n[nH]c3ccccc23)cc1OCC. The summed E-state index contributed by atoms with van der Waals surface area (Å²) in [7, 11) is 0. The maximum Gasteiger partial charge on any atom is 0.272 e. The van der Waals surface area contributed by atoms with E-state index in [1.807, 2.05) is 56.3 Å². The fourth-order valence-electron chi connectivity index (χ4n) is 2.79. The Morgan fingerprint density at radius 3 is 2.65 bits per heavy atom. The first kappa shape index (κ1) is 17.8. The summed E-state index contributed by atoms with van der Waals surface area (Å²) < 4.78 is 11.2. The third-order valence-corrected chi connectivity index (χ3v) is 3.99. The number of fused-ring (bicyclic) bond motifs is 1. The first-order chi connectivity index (χ1) is 12.7. The molecule has 1 amide bonds. The number of rotatable bonds is 8. The molecule has 0 saturated heterocycles. The molecule has 3 aromatic rings. The Morgan fingerprint density at radius 2 is 1.85 bits per heavy atom. The van der Waals surface area contributed by atoms with E-state index in [4.69, 9.17) is 9.47 Å². The smallest absolute Gasteiger partial charge is 0.272 e. The topological polar surface area (TPSA) is 76.2 Å². The molecule has 26 heavy (non-hydrogen) atoms. The van der Waals surface area contributed by atoms with Gasteiger partial charge >= 0.3 is 0 Å². The van der Waals surface area contributed by atoms with Crippen molar-refractivity contribution in [1.29, 1.82) is 0 Å². The number of hydrogen-bond acceptors (Lipinski definition) is 4. The van der Waals surface area contributed by atoms with Crippen molar-refractivity contribution in [2.24, 2.45) is 0 Å². The Kier molecular flexibility index (Phi) is 5.73. The number of carbonyl (C=O) groups excluding carboxylic acids is 1. The summed E-state index contributed by atoms with van der Waals surface area (Å²) in [5, 5.41) is 10.7. The Labute approximate surface area is 152 Å². The Morgan fingerprint density at radius 1 is 1.08 bits per heavy atom. The molecule has 0 fully saturated rings. The van der Waals surface area contributed by atoms with Crippen molar-refractivity contribution in [3.63, 3.8) is 0 Å². The molecule has 0 atom stereocenters. The zero-order chi connectivity index (χ0) is 18.4. The van der Waals surface area contributed by atoms with Crippen LogP contribution in [-0.4, -0.2) is 35.9 Å². The van der Waals surface area contributed by atoms with Gasteiger partial charge in [0.15, 0.2) is 17.2 Å². The third kappa shape index (κ3) is 3.96. The molecule has 0 aliphatic rings. The van der Waals surface area contributed by atoms with E-state index in [1.54, 1.807) is 0 Å². The van der Waals surface area contributed by atoms with Crippen molar-refractivity contribution in [2.45, 2.75) is 20.3 Å². The lowest BCUT2D eigenvalue weighted by Gasteiger charge is -2.12. The summed E-state index contributed by atoms with van der Waals surface area (Å²) in [6.45, 7) is 5.56. The van der Waals surface area contributed by atoms with E-state index >= 15 is 0 Å². The molecular formula is C20H23N3O3. The van der Waals surface area contributed by atoms with Crippen LogP contribution in [0.1, 0.15) is 29.9 Å². The van der Waals surface area contributed by atoms with Crippen LogP contribution in [-0.2, 0) is 6.42 Å². The van der Waals surface area contributed by atoms with E-state index in [1.165, 1.54) is 0 Å². The molecule has 0 radical (unpaired) electrons. The predicted octanol–water partition coefficient (Wildman–Crippen LogP) is 3.33. The predicted molar refractivity (Wildman–Crippen MR) is 101 cm³/mol. The van der Waals surface area contributed by atoms with Gasteiger partial charge in [0, 0.05) is 11.9 Å². The minimum absolute atomic E-state index is 0.182.